The van der Waals surface area contributed by atoms with Crippen LogP contribution >= 0.6 is 17.5 Å². The normalized spacial score (nSPS) is 19.9. The summed E-state index contributed by atoms with van der Waals surface area (Å²) in [5.74, 6) is 0.662. The van der Waals surface area contributed by atoms with Gasteiger partial charge in [-0.25, -0.2) is 0 Å². The van der Waals surface area contributed by atoms with Crippen molar-refractivity contribution in [2.24, 2.45) is 0 Å². The molecule has 3 heteroatoms. The van der Waals surface area contributed by atoms with Gasteiger partial charge in [0.25, 0.3) is 0 Å². The van der Waals surface area contributed by atoms with Crippen LogP contribution in [0.3, 0.4) is 0 Å². The molecule has 25 heavy (non-hydrogen) atoms. The quantitative estimate of drug-likeness (QED) is 0.309. The van der Waals surface area contributed by atoms with Gasteiger partial charge in [-0.05, 0) is 53.8 Å². The fraction of sp³-hybridized carbons (Fsp3) is 0.727. The van der Waals surface area contributed by atoms with E-state index in [0.717, 1.165) is 11.3 Å². The van der Waals surface area contributed by atoms with E-state index in [-0.39, 0.29) is 7.92 Å². The van der Waals surface area contributed by atoms with Crippen LogP contribution in [-0.2, 0) is 17.0 Å². The molecule has 0 saturated heterocycles. The minimum absolute atomic E-state index is 0.0669. The molecule has 0 heterocycles. The zero-order chi connectivity index (χ0) is 18.1. The Kier molecular flexibility index (Phi) is 10.6. The fourth-order valence-electron chi connectivity index (χ4n) is 4.48. The topological polar surface area (TPSA) is 0 Å². The molecule has 0 bridgehead atoms. The first-order chi connectivity index (χ1) is 12.2. The van der Waals surface area contributed by atoms with Gasteiger partial charge in [0.2, 0.25) is 0 Å². The van der Waals surface area contributed by atoms with Gasteiger partial charge >= 0.3 is 31.9 Å². The van der Waals surface area contributed by atoms with Gasteiger partial charge < -0.3 is 0 Å². The molecule has 0 amide bonds. The Morgan fingerprint density at radius 2 is 1.40 bits per heavy atom. The maximum atomic E-state index is 5.05. The van der Waals surface area contributed by atoms with Crippen molar-refractivity contribution < 1.29 is 17.0 Å². The Bertz CT molecular complexity index is 461. The van der Waals surface area contributed by atoms with E-state index in [1.807, 2.05) is 5.40 Å². The molecule has 1 aromatic rings. The van der Waals surface area contributed by atoms with Gasteiger partial charge in [0.1, 0.15) is 0 Å². The van der Waals surface area contributed by atoms with Gasteiger partial charge in [-0.3, -0.25) is 0 Å². The zero-order valence-electron chi connectivity index (χ0n) is 16.3. The molecule has 0 N–H and O–H groups in total. The van der Waals surface area contributed by atoms with E-state index >= 15 is 0 Å². The molecule has 0 aliphatic heterocycles. The number of hydrogen-bond donors (Lipinski definition) is 0. The Balaban J connectivity index is 0.000000701. The number of halogens is 1. The van der Waals surface area contributed by atoms with Crippen LogP contribution in [-0.4, -0.2) is 11.3 Å². The molecular formula is C22H36ClPPd. The van der Waals surface area contributed by atoms with Gasteiger partial charge in [-0.2, -0.15) is 0 Å². The standard InChI is InChI=1S/C21H33P.CH3.ClH.Pd/c1-17(2)18-10-9-15-21(16-18)22(19-11-5-3-6-12-19)20-13-7-4-8-14-20;;;/h9-10,15-17,19-20H,3-8,11-14H2,1-2H3;1H3;1H;/q;;;+1/p-1. The van der Waals surface area contributed by atoms with Crippen LogP contribution in [0.15, 0.2) is 24.3 Å². The first kappa shape index (κ1) is 21.9. The molecule has 0 unspecified atom stereocenters. The van der Waals surface area contributed by atoms with Crippen molar-refractivity contribution in [2.75, 3.05) is 0 Å². The summed E-state index contributed by atoms with van der Waals surface area (Å²) >= 11 is 0.422. The third-order valence-corrected chi connectivity index (χ3v) is 9.25. The minimum atomic E-state index is 0.0669. The molecule has 0 radical (unpaired) electrons. The fourth-order valence-corrected chi connectivity index (χ4v) is 8.32. The third kappa shape index (κ3) is 6.92. The van der Waals surface area contributed by atoms with E-state index in [1.54, 1.807) is 10.9 Å². The van der Waals surface area contributed by atoms with Crippen molar-refractivity contribution in [1.29, 1.82) is 0 Å². The summed E-state index contributed by atoms with van der Waals surface area (Å²) in [5, 5.41) is 3.68. The predicted molar refractivity (Wildman–Crippen MR) is 113 cm³/mol. The van der Waals surface area contributed by atoms with Crippen LogP contribution in [0.4, 0.5) is 0 Å². The second-order valence-electron chi connectivity index (χ2n) is 7.86. The van der Waals surface area contributed by atoms with Crippen molar-refractivity contribution in [3.05, 3.63) is 29.8 Å². The third-order valence-electron chi connectivity index (χ3n) is 5.77. The molecule has 0 nitrogen and oxygen atoms in total. The summed E-state index contributed by atoms with van der Waals surface area (Å²) in [5.41, 5.74) is 3.60. The summed E-state index contributed by atoms with van der Waals surface area (Å²) < 4.78 is 0. The first-order valence-electron chi connectivity index (χ1n) is 10.1. The van der Waals surface area contributed by atoms with Crippen LogP contribution in [0, 0.1) is 0 Å². The molecule has 1 aromatic carbocycles. The average Bonchev–Trinajstić information content (AvgIpc) is 2.65. The van der Waals surface area contributed by atoms with Gasteiger partial charge in [0.05, 0.1) is 0 Å². The van der Waals surface area contributed by atoms with E-state index in [9.17, 15) is 0 Å². The van der Waals surface area contributed by atoms with Gasteiger partial charge in [0.15, 0.2) is 0 Å². The van der Waals surface area contributed by atoms with Crippen LogP contribution in [0.1, 0.15) is 89.5 Å². The van der Waals surface area contributed by atoms with E-state index in [1.165, 1.54) is 64.2 Å². The summed E-state index contributed by atoms with van der Waals surface area (Å²) in [6.07, 6.45) is 14.9. The van der Waals surface area contributed by atoms with Crippen LogP contribution in [0.25, 0.3) is 0 Å². The molecule has 2 aliphatic rings. The molecule has 0 spiro atoms. The van der Waals surface area contributed by atoms with Crippen molar-refractivity contribution >= 4 is 22.8 Å². The molecule has 0 aromatic heterocycles. The Morgan fingerprint density at radius 1 is 0.920 bits per heavy atom. The molecule has 2 aliphatic carbocycles. The van der Waals surface area contributed by atoms with Crippen LogP contribution in [0.5, 0.6) is 0 Å². The second kappa shape index (κ2) is 12.1. The van der Waals surface area contributed by atoms with Crippen LogP contribution in [0.2, 0.25) is 5.40 Å². The Hall–Kier alpha value is 0.602. The van der Waals surface area contributed by atoms with Gasteiger partial charge in [-0.15, -0.1) is 0 Å². The molecular weight excluding hydrogens is 437 g/mol. The number of hydrogen-bond acceptors (Lipinski definition) is 0. The summed E-state index contributed by atoms with van der Waals surface area (Å²) in [6.45, 7) is 4.67. The van der Waals surface area contributed by atoms with Crippen LogP contribution < -0.4 is 5.30 Å². The molecule has 0 atom stereocenters. The second-order valence-corrected chi connectivity index (χ2v) is 12.7. The molecule has 2 saturated carbocycles. The predicted octanol–water partition coefficient (Wildman–Crippen LogP) is 7.85. The Morgan fingerprint density at radius 3 is 1.84 bits per heavy atom. The van der Waals surface area contributed by atoms with E-state index in [0.29, 0.717) is 22.9 Å². The monoisotopic (exact) mass is 472 g/mol. The van der Waals surface area contributed by atoms with Crippen molar-refractivity contribution in [3.8, 4) is 0 Å². The van der Waals surface area contributed by atoms with Gasteiger partial charge in [0, 0.05) is 0 Å². The average molecular weight is 473 g/mol. The van der Waals surface area contributed by atoms with Crippen molar-refractivity contribution in [3.63, 3.8) is 0 Å². The maximum absolute atomic E-state index is 5.05. The zero-order valence-corrected chi connectivity index (χ0v) is 19.5. The first-order valence-corrected chi connectivity index (χ1v) is 15.1. The molecule has 3 rings (SSSR count). The molecule has 2 fully saturated rings. The van der Waals surface area contributed by atoms with E-state index in [4.69, 9.17) is 9.53 Å². The summed E-state index contributed by atoms with van der Waals surface area (Å²) in [4.78, 5) is 0. The SMILES string of the molecule is CC(C)c1cccc(P(C2CCCCC2)C2CCCCC2)c1.[CH3][Pd][Cl]. The van der Waals surface area contributed by atoms with E-state index < -0.39 is 0 Å². The van der Waals surface area contributed by atoms with Crippen molar-refractivity contribution in [2.45, 2.75) is 101 Å². The van der Waals surface area contributed by atoms with Gasteiger partial charge in [-0.1, -0.05) is 84.6 Å². The summed E-state index contributed by atoms with van der Waals surface area (Å²) in [6, 6.07) is 9.73. The number of rotatable bonds is 4. The van der Waals surface area contributed by atoms with Crippen molar-refractivity contribution in [1.82, 2.24) is 0 Å². The summed E-state index contributed by atoms with van der Waals surface area (Å²) in [7, 11) is 5.12. The van der Waals surface area contributed by atoms with E-state index in [2.05, 4.69) is 38.1 Å². The molecule has 146 valence electrons. The number of benzene rings is 1. The Labute approximate surface area is 169 Å².